The van der Waals surface area contributed by atoms with Crippen LogP contribution in [0.2, 0.25) is 0 Å². The summed E-state index contributed by atoms with van der Waals surface area (Å²) in [6.07, 6.45) is 1.94. The van der Waals surface area contributed by atoms with Gasteiger partial charge in [0, 0.05) is 11.8 Å². The topological polar surface area (TPSA) is 34.1 Å². The van der Waals surface area contributed by atoms with Crippen LogP contribution in [0, 0.1) is 7.14 Å². The van der Waals surface area contributed by atoms with Crippen molar-refractivity contribution in [3.05, 3.63) is 66.8 Å². The van der Waals surface area contributed by atoms with Gasteiger partial charge in [0.1, 0.15) is 12.6 Å². The molecule has 0 radical (unpaired) electrons. The molecule has 0 amide bonds. The van der Waals surface area contributed by atoms with Crippen molar-refractivity contribution < 1.29 is 30.8 Å². The van der Waals surface area contributed by atoms with Crippen LogP contribution in [0.15, 0.2) is 48.5 Å². The Balaban J connectivity index is 2.07. The molecule has 0 saturated carbocycles. The van der Waals surface area contributed by atoms with E-state index in [1.165, 1.54) is 7.14 Å². The molecule has 2 atom stereocenters. The Morgan fingerprint density at radius 2 is 1.05 bits per heavy atom. The first-order valence-corrected chi connectivity index (χ1v) is 9.05. The lowest BCUT2D eigenvalue weighted by atomic mass is 10.0. The zero-order valence-corrected chi connectivity index (χ0v) is 14.3. The second kappa shape index (κ2) is 7.50. The zero-order chi connectivity index (χ0) is 15.2. The Morgan fingerprint density at radius 1 is 0.714 bits per heavy atom. The molecule has 0 N–H and O–H groups in total. The molecule has 0 heterocycles. The van der Waals surface area contributed by atoms with Crippen molar-refractivity contribution in [2.75, 3.05) is 0 Å². The quantitative estimate of drug-likeness (QED) is 0.527. The molecule has 21 heavy (non-hydrogen) atoms. The van der Waals surface area contributed by atoms with E-state index in [0.29, 0.717) is 0 Å². The molecule has 2 unspecified atom stereocenters. The molecule has 0 bridgehead atoms. The summed E-state index contributed by atoms with van der Waals surface area (Å²) < 4.78 is 2.65. The van der Waals surface area contributed by atoms with Crippen molar-refractivity contribution in [2.45, 2.75) is 25.7 Å². The molecule has 2 nitrogen and oxygen atoms in total. The fraction of sp³-hybridized carbons (Fsp3) is 0.222. The number of halogens is 1. The fourth-order valence-corrected chi connectivity index (χ4v) is 4.10. The van der Waals surface area contributed by atoms with Crippen LogP contribution in [0.25, 0.3) is 0 Å². The third-order valence-electron chi connectivity index (χ3n) is 3.42. The molecule has 0 fully saturated rings. The molecular formula is C18H18IO2+. The summed E-state index contributed by atoms with van der Waals surface area (Å²) in [5.74, 6) is -0.0808. The molecule has 2 aromatic carbocycles. The Morgan fingerprint density at radius 3 is 1.33 bits per heavy atom. The maximum Gasteiger partial charge on any atom is 0.357 e. The smallest absolute Gasteiger partial charge is 0.303 e. The van der Waals surface area contributed by atoms with Gasteiger partial charge in [0.05, 0.1) is 0 Å². The van der Waals surface area contributed by atoms with Gasteiger partial charge in [0.2, 0.25) is 0 Å². The summed E-state index contributed by atoms with van der Waals surface area (Å²) in [7, 11) is 0. The van der Waals surface area contributed by atoms with Gasteiger partial charge in [0.15, 0.2) is 7.14 Å². The highest BCUT2D eigenvalue weighted by Gasteiger charge is 2.16. The number of rotatable bonds is 6. The van der Waals surface area contributed by atoms with Crippen molar-refractivity contribution in [3.63, 3.8) is 0 Å². The van der Waals surface area contributed by atoms with E-state index in [-0.39, 0.29) is 33.0 Å². The maximum absolute atomic E-state index is 10.8. The lowest BCUT2D eigenvalue weighted by Gasteiger charge is -2.02. The molecule has 0 aliphatic rings. The van der Waals surface area contributed by atoms with Crippen molar-refractivity contribution in [1.29, 1.82) is 0 Å². The first kappa shape index (κ1) is 15.9. The van der Waals surface area contributed by atoms with Crippen LogP contribution in [-0.2, 0) is 9.59 Å². The molecule has 2 aromatic rings. The average molecular weight is 393 g/mol. The van der Waals surface area contributed by atoms with Crippen molar-refractivity contribution in [3.8, 4) is 0 Å². The number of carbonyl (C=O) groups excluding carboxylic acids is 2. The monoisotopic (exact) mass is 393 g/mol. The number of carbonyl (C=O) groups is 2. The van der Waals surface area contributed by atoms with Crippen LogP contribution in [0.1, 0.15) is 36.8 Å². The predicted molar refractivity (Wildman–Crippen MR) is 79.2 cm³/mol. The van der Waals surface area contributed by atoms with Gasteiger partial charge in [-0.05, 0) is 35.4 Å². The Hall–Kier alpha value is -1.49. The maximum atomic E-state index is 10.8. The van der Waals surface area contributed by atoms with E-state index in [1.807, 2.05) is 38.1 Å². The highest BCUT2D eigenvalue weighted by Crippen LogP contribution is 2.12. The second-order valence-corrected chi connectivity index (χ2v) is 8.08. The van der Waals surface area contributed by atoms with Gasteiger partial charge in [-0.3, -0.25) is 0 Å². The Bertz CT molecular complexity index is 547. The molecule has 108 valence electrons. The van der Waals surface area contributed by atoms with E-state index in [0.717, 1.165) is 23.7 Å². The molecule has 0 spiro atoms. The van der Waals surface area contributed by atoms with E-state index < -0.39 is 0 Å². The summed E-state index contributed by atoms with van der Waals surface area (Å²) in [5.41, 5.74) is 2.13. The van der Waals surface area contributed by atoms with Gasteiger partial charge in [-0.15, -0.1) is 0 Å². The van der Waals surface area contributed by atoms with Crippen molar-refractivity contribution >= 4 is 12.6 Å². The second-order valence-electron chi connectivity index (χ2n) is 5.05. The highest BCUT2D eigenvalue weighted by atomic mass is 127. The van der Waals surface area contributed by atoms with Gasteiger partial charge in [-0.25, -0.2) is 0 Å². The lowest BCUT2D eigenvalue weighted by molar-refractivity contribution is -0.597. The summed E-state index contributed by atoms with van der Waals surface area (Å²) in [6.45, 7) is 3.81. The van der Waals surface area contributed by atoms with Crippen LogP contribution in [0.4, 0.5) is 0 Å². The van der Waals surface area contributed by atoms with E-state index in [9.17, 15) is 9.59 Å². The molecule has 0 aliphatic heterocycles. The molecule has 2 rings (SSSR count). The van der Waals surface area contributed by atoms with Crippen LogP contribution in [0.3, 0.4) is 0 Å². The SMILES string of the molecule is CC(C=O)c1ccc([I+]c2ccc(C(C)C=O)cc2)cc1. The normalized spacial score (nSPS) is 13.4. The van der Waals surface area contributed by atoms with Crippen molar-refractivity contribution in [1.82, 2.24) is 0 Å². The van der Waals surface area contributed by atoms with Gasteiger partial charge in [-0.2, -0.15) is 0 Å². The molecular weight excluding hydrogens is 375 g/mol. The summed E-state index contributed by atoms with van der Waals surface area (Å²) >= 11 is -0.222. The first-order valence-electron chi connectivity index (χ1n) is 6.89. The number of hydrogen-bond acceptors (Lipinski definition) is 2. The van der Waals surface area contributed by atoms with E-state index in [1.54, 1.807) is 0 Å². The molecule has 0 saturated heterocycles. The van der Waals surface area contributed by atoms with Crippen LogP contribution < -0.4 is 21.2 Å². The van der Waals surface area contributed by atoms with Crippen molar-refractivity contribution in [2.24, 2.45) is 0 Å². The Kier molecular flexibility index (Phi) is 5.67. The minimum absolute atomic E-state index is 0.0404. The van der Waals surface area contributed by atoms with Crippen LogP contribution in [0.5, 0.6) is 0 Å². The number of benzene rings is 2. The largest absolute Gasteiger partial charge is 0.357 e. The minimum atomic E-state index is -0.222. The van der Waals surface area contributed by atoms with Gasteiger partial charge < -0.3 is 9.59 Å². The number of aldehydes is 2. The molecule has 0 aliphatic carbocycles. The first-order chi connectivity index (χ1) is 10.1. The van der Waals surface area contributed by atoms with Gasteiger partial charge >= 0.3 is 21.2 Å². The third kappa shape index (κ3) is 4.24. The number of hydrogen-bond donors (Lipinski definition) is 0. The third-order valence-corrected chi connectivity index (χ3v) is 6.10. The molecule has 0 aromatic heterocycles. The van der Waals surface area contributed by atoms with Gasteiger partial charge in [0.25, 0.3) is 0 Å². The molecule has 3 heteroatoms. The minimum Gasteiger partial charge on any atom is -0.303 e. The van der Waals surface area contributed by atoms with E-state index in [4.69, 9.17) is 0 Å². The average Bonchev–Trinajstić information content (AvgIpc) is 2.55. The Labute approximate surface area is 135 Å². The summed E-state index contributed by atoms with van der Waals surface area (Å²) in [4.78, 5) is 21.5. The summed E-state index contributed by atoms with van der Waals surface area (Å²) in [5, 5.41) is 0. The van der Waals surface area contributed by atoms with Gasteiger partial charge in [-0.1, -0.05) is 38.1 Å². The fourth-order valence-electron chi connectivity index (χ4n) is 1.94. The van der Waals surface area contributed by atoms with E-state index in [2.05, 4.69) is 24.3 Å². The highest BCUT2D eigenvalue weighted by molar-refractivity contribution is 5.61. The zero-order valence-electron chi connectivity index (χ0n) is 12.1. The van der Waals surface area contributed by atoms with E-state index >= 15 is 0 Å². The van der Waals surface area contributed by atoms with Crippen LogP contribution in [-0.4, -0.2) is 12.6 Å². The lowest BCUT2D eigenvalue weighted by Crippen LogP contribution is -3.61. The van der Waals surface area contributed by atoms with Crippen LogP contribution >= 0.6 is 0 Å². The predicted octanol–water partition coefficient (Wildman–Crippen LogP) is 0.420. The summed E-state index contributed by atoms with van der Waals surface area (Å²) in [6, 6.07) is 16.6. The standard InChI is InChI=1S/C18H18IO2/c1-13(11-20)15-3-7-17(8-4-15)19-18-9-5-16(6-10-18)14(2)12-21/h3-14H,1-2H3/q+1.